The Morgan fingerprint density at radius 1 is 1.08 bits per heavy atom. The fourth-order valence-corrected chi connectivity index (χ4v) is 2.20. The van der Waals surface area contributed by atoms with Crippen molar-refractivity contribution in [3.05, 3.63) is 0 Å². The van der Waals surface area contributed by atoms with Crippen LogP contribution >= 0.6 is 0 Å². The maximum Gasteiger partial charge on any atom is 0.0459 e. The molecule has 0 unspecified atom stereocenters. The van der Waals surface area contributed by atoms with Gasteiger partial charge in [0.15, 0.2) is 0 Å². The van der Waals surface area contributed by atoms with E-state index in [2.05, 4.69) is 6.92 Å². The Kier molecular flexibility index (Phi) is 4.67. The van der Waals surface area contributed by atoms with Gasteiger partial charge in [-0.3, -0.25) is 0 Å². The first-order valence-electron chi connectivity index (χ1n) is 5.47. The average Bonchev–Trinajstić information content (AvgIpc) is 2.15. The van der Waals surface area contributed by atoms with Gasteiger partial charge in [-0.25, -0.2) is 0 Å². The molecular formula is C11H22O. The number of unbranched alkanes of at least 4 members (excludes halogenated alkanes) is 1. The molecule has 1 aliphatic rings. The van der Waals surface area contributed by atoms with E-state index in [1.54, 1.807) is 0 Å². The number of rotatable bonds is 4. The molecule has 1 nitrogen and oxygen atoms in total. The predicted octanol–water partition coefficient (Wildman–Crippen LogP) is 2.98. The molecule has 0 aromatic heterocycles. The van der Waals surface area contributed by atoms with Crippen LogP contribution in [0.5, 0.6) is 0 Å². The molecular weight excluding hydrogens is 148 g/mol. The van der Waals surface area contributed by atoms with E-state index >= 15 is 0 Å². The highest BCUT2D eigenvalue weighted by Gasteiger charge is 2.19. The molecule has 1 rings (SSSR count). The van der Waals surface area contributed by atoms with Crippen molar-refractivity contribution >= 4 is 0 Å². The molecule has 0 saturated heterocycles. The van der Waals surface area contributed by atoms with E-state index in [1.165, 1.54) is 44.9 Å². The van der Waals surface area contributed by atoms with Crippen molar-refractivity contribution in [2.45, 2.75) is 51.9 Å². The molecule has 0 atom stereocenters. The third kappa shape index (κ3) is 3.14. The van der Waals surface area contributed by atoms with Gasteiger partial charge in [-0.05, 0) is 24.7 Å². The van der Waals surface area contributed by atoms with Crippen LogP contribution in [0.3, 0.4) is 0 Å². The summed E-state index contributed by atoms with van der Waals surface area (Å²) in [6.45, 7) is 2.68. The second-order valence-corrected chi connectivity index (χ2v) is 4.21. The Hall–Kier alpha value is -0.0400. The zero-order chi connectivity index (χ0) is 8.81. The minimum Gasteiger partial charge on any atom is -0.396 e. The summed E-state index contributed by atoms with van der Waals surface area (Å²) in [6, 6.07) is 0. The molecule has 1 saturated carbocycles. The van der Waals surface area contributed by atoms with Crippen LogP contribution in [0.15, 0.2) is 0 Å². The number of aliphatic hydroxyl groups excluding tert-OH is 1. The molecule has 12 heavy (non-hydrogen) atoms. The highest BCUT2D eigenvalue weighted by Crippen LogP contribution is 2.31. The minimum absolute atomic E-state index is 0.417. The normalized spacial score (nSPS) is 30.5. The van der Waals surface area contributed by atoms with Crippen LogP contribution in [-0.4, -0.2) is 11.7 Å². The quantitative estimate of drug-likeness (QED) is 0.687. The fraction of sp³-hybridized carbons (Fsp3) is 1.00. The molecule has 0 heterocycles. The van der Waals surface area contributed by atoms with E-state index in [4.69, 9.17) is 5.11 Å². The van der Waals surface area contributed by atoms with Crippen molar-refractivity contribution in [1.29, 1.82) is 0 Å². The number of hydrogen-bond acceptors (Lipinski definition) is 1. The van der Waals surface area contributed by atoms with Crippen LogP contribution in [0.1, 0.15) is 51.9 Å². The maximum absolute atomic E-state index is 8.95. The summed E-state index contributed by atoms with van der Waals surface area (Å²) in [5.74, 6) is 1.61. The molecule has 0 aliphatic heterocycles. The summed E-state index contributed by atoms with van der Waals surface area (Å²) in [4.78, 5) is 0. The van der Waals surface area contributed by atoms with Crippen LogP contribution in [0.25, 0.3) is 0 Å². The van der Waals surface area contributed by atoms with Gasteiger partial charge in [0.1, 0.15) is 0 Å². The fourth-order valence-electron chi connectivity index (χ4n) is 2.20. The van der Waals surface area contributed by atoms with Crippen LogP contribution in [-0.2, 0) is 0 Å². The standard InChI is InChI=1S/C11H22O/c1-2-3-4-10-5-7-11(9-12)8-6-10/h10-12H,2-9H2,1H3/t10-,11-. The second kappa shape index (κ2) is 5.58. The molecule has 1 fully saturated rings. The van der Waals surface area contributed by atoms with Gasteiger partial charge >= 0.3 is 0 Å². The Morgan fingerprint density at radius 3 is 2.17 bits per heavy atom. The Bertz CT molecular complexity index is 104. The van der Waals surface area contributed by atoms with Crippen molar-refractivity contribution < 1.29 is 5.11 Å². The summed E-state index contributed by atoms with van der Waals surface area (Å²) < 4.78 is 0. The van der Waals surface area contributed by atoms with Crippen molar-refractivity contribution in [3.63, 3.8) is 0 Å². The molecule has 0 aromatic carbocycles. The zero-order valence-electron chi connectivity index (χ0n) is 8.26. The van der Waals surface area contributed by atoms with Crippen molar-refractivity contribution in [1.82, 2.24) is 0 Å². The minimum atomic E-state index is 0.417. The van der Waals surface area contributed by atoms with Crippen molar-refractivity contribution in [2.75, 3.05) is 6.61 Å². The molecule has 1 N–H and O–H groups in total. The van der Waals surface area contributed by atoms with Crippen LogP contribution in [0, 0.1) is 11.8 Å². The van der Waals surface area contributed by atoms with E-state index in [0.29, 0.717) is 12.5 Å². The monoisotopic (exact) mass is 170 g/mol. The molecule has 0 bridgehead atoms. The SMILES string of the molecule is CCCC[C@H]1CC[C@H](CO)CC1. The van der Waals surface area contributed by atoms with Gasteiger partial charge < -0.3 is 5.11 Å². The molecule has 0 amide bonds. The third-order valence-electron chi connectivity index (χ3n) is 3.19. The van der Waals surface area contributed by atoms with E-state index < -0.39 is 0 Å². The Labute approximate surface area is 76.2 Å². The Morgan fingerprint density at radius 2 is 1.67 bits per heavy atom. The summed E-state index contributed by atoms with van der Waals surface area (Å²) in [5, 5.41) is 8.95. The zero-order valence-corrected chi connectivity index (χ0v) is 8.26. The summed E-state index contributed by atoms with van der Waals surface area (Å²) in [7, 11) is 0. The van der Waals surface area contributed by atoms with Gasteiger partial charge in [-0.2, -0.15) is 0 Å². The van der Waals surface area contributed by atoms with E-state index in [1.807, 2.05) is 0 Å². The van der Waals surface area contributed by atoms with Gasteiger partial charge in [0.25, 0.3) is 0 Å². The highest BCUT2D eigenvalue weighted by molar-refractivity contribution is 4.71. The maximum atomic E-state index is 8.95. The van der Waals surface area contributed by atoms with Gasteiger partial charge in [-0.15, -0.1) is 0 Å². The first-order chi connectivity index (χ1) is 5.86. The van der Waals surface area contributed by atoms with Crippen LogP contribution in [0.4, 0.5) is 0 Å². The molecule has 1 heteroatoms. The lowest BCUT2D eigenvalue weighted by Crippen LogP contribution is -2.17. The summed E-state index contributed by atoms with van der Waals surface area (Å²) >= 11 is 0. The second-order valence-electron chi connectivity index (χ2n) is 4.21. The largest absolute Gasteiger partial charge is 0.396 e. The Balaban J connectivity index is 2.09. The number of aliphatic hydroxyl groups is 1. The number of hydrogen-bond donors (Lipinski definition) is 1. The predicted molar refractivity (Wildman–Crippen MR) is 52.1 cm³/mol. The summed E-state index contributed by atoms with van der Waals surface area (Å²) in [6.07, 6.45) is 9.43. The van der Waals surface area contributed by atoms with Crippen molar-refractivity contribution in [2.24, 2.45) is 11.8 Å². The van der Waals surface area contributed by atoms with Crippen LogP contribution < -0.4 is 0 Å². The lowest BCUT2D eigenvalue weighted by molar-refractivity contribution is 0.163. The first-order valence-corrected chi connectivity index (χ1v) is 5.47. The molecule has 0 spiro atoms. The lowest BCUT2D eigenvalue weighted by Gasteiger charge is -2.27. The third-order valence-corrected chi connectivity index (χ3v) is 3.19. The van der Waals surface area contributed by atoms with Crippen molar-refractivity contribution in [3.8, 4) is 0 Å². The molecule has 0 radical (unpaired) electrons. The average molecular weight is 170 g/mol. The van der Waals surface area contributed by atoms with E-state index in [0.717, 1.165) is 5.92 Å². The van der Waals surface area contributed by atoms with Gasteiger partial charge in [0.2, 0.25) is 0 Å². The van der Waals surface area contributed by atoms with Gasteiger partial charge in [0, 0.05) is 6.61 Å². The first kappa shape index (κ1) is 10.0. The van der Waals surface area contributed by atoms with Crippen LogP contribution in [0.2, 0.25) is 0 Å². The molecule has 72 valence electrons. The van der Waals surface area contributed by atoms with Gasteiger partial charge in [0.05, 0.1) is 0 Å². The summed E-state index contributed by atoms with van der Waals surface area (Å²) in [5.41, 5.74) is 0. The highest BCUT2D eigenvalue weighted by atomic mass is 16.3. The molecule has 0 aromatic rings. The van der Waals surface area contributed by atoms with E-state index in [-0.39, 0.29) is 0 Å². The molecule has 1 aliphatic carbocycles. The lowest BCUT2D eigenvalue weighted by atomic mass is 9.80. The topological polar surface area (TPSA) is 20.2 Å². The van der Waals surface area contributed by atoms with Gasteiger partial charge in [-0.1, -0.05) is 39.0 Å². The van der Waals surface area contributed by atoms with E-state index in [9.17, 15) is 0 Å². The smallest absolute Gasteiger partial charge is 0.0459 e.